The van der Waals surface area contributed by atoms with Crippen molar-refractivity contribution in [1.82, 2.24) is 10.6 Å². The zero-order valence-electron chi connectivity index (χ0n) is 23.0. The summed E-state index contributed by atoms with van der Waals surface area (Å²) in [6.07, 6.45) is 21.7. The van der Waals surface area contributed by atoms with Gasteiger partial charge in [0.25, 0.3) is 0 Å². The highest BCUT2D eigenvalue weighted by molar-refractivity contribution is 5.91. The first kappa shape index (κ1) is 25.0. The van der Waals surface area contributed by atoms with Gasteiger partial charge in [0.05, 0.1) is 0 Å². The molecule has 6 atom stereocenters. The Bertz CT molecular complexity index is 867. The SMILES string of the molecule is C[C@]12CC[C@H]3[C@@H](CNC4=CC(=O)CC[C@@]43C)[C@@H]1CC[C@@H]2C(=O)NC(C1CCCCC1)C1CCCCC1. The van der Waals surface area contributed by atoms with E-state index in [0.29, 0.717) is 48.0 Å². The Hall–Kier alpha value is -1.32. The van der Waals surface area contributed by atoms with Crippen LogP contribution in [0.3, 0.4) is 0 Å². The fraction of sp³-hybridized carbons (Fsp3) is 0.875. The van der Waals surface area contributed by atoms with Crippen LogP contribution in [0.4, 0.5) is 0 Å². The number of hydrogen-bond donors (Lipinski definition) is 2. The predicted octanol–water partition coefficient (Wildman–Crippen LogP) is 6.55. The van der Waals surface area contributed by atoms with E-state index in [2.05, 4.69) is 24.5 Å². The Morgan fingerprint density at radius 2 is 1.56 bits per heavy atom. The highest BCUT2D eigenvalue weighted by Gasteiger charge is 2.60. The van der Waals surface area contributed by atoms with Crippen LogP contribution in [0.1, 0.15) is 117 Å². The van der Waals surface area contributed by atoms with E-state index in [1.165, 1.54) is 89.2 Å². The number of carbonyl (C=O) groups excluding carboxylic acids is 2. The van der Waals surface area contributed by atoms with Crippen molar-refractivity contribution in [3.63, 3.8) is 0 Å². The molecule has 1 saturated heterocycles. The number of hydrogen-bond acceptors (Lipinski definition) is 3. The van der Waals surface area contributed by atoms with Gasteiger partial charge in [-0.25, -0.2) is 0 Å². The van der Waals surface area contributed by atoms with Gasteiger partial charge in [-0.05, 0) is 92.8 Å². The average Bonchev–Trinajstić information content (AvgIpc) is 3.26. The first-order chi connectivity index (χ1) is 17.4. The van der Waals surface area contributed by atoms with Crippen molar-refractivity contribution in [2.75, 3.05) is 6.54 Å². The minimum Gasteiger partial charge on any atom is -0.387 e. The number of rotatable bonds is 4. The zero-order chi connectivity index (χ0) is 24.9. The Balaban J connectivity index is 1.19. The molecular weight excluding hydrogens is 444 g/mol. The van der Waals surface area contributed by atoms with Crippen molar-refractivity contribution in [2.45, 2.75) is 123 Å². The molecule has 1 heterocycles. The molecule has 0 aromatic carbocycles. The quantitative estimate of drug-likeness (QED) is 0.466. The van der Waals surface area contributed by atoms with Gasteiger partial charge in [0.15, 0.2) is 5.78 Å². The monoisotopic (exact) mass is 494 g/mol. The van der Waals surface area contributed by atoms with Crippen molar-refractivity contribution in [2.24, 2.45) is 46.3 Å². The normalized spacial score (nSPS) is 41.6. The minimum absolute atomic E-state index is 0.117. The van der Waals surface area contributed by atoms with Crippen LogP contribution in [0, 0.1) is 46.3 Å². The van der Waals surface area contributed by atoms with E-state index >= 15 is 0 Å². The maximum absolute atomic E-state index is 14.1. The van der Waals surface area contributed by atoms with Gasteiger partial charge < -0.3 is 10.6 Å². The van der Waals surface area contributed by atoms with Crippen molar-refractivity contribution < 1.29 is 9.59 Å². The summed E-state index contributed by atoms with van der Waals surface area (Å²) < 4.78 is 0. The van der Waals surface area contributed by atoms with Crippen LogP contribution < -0.4 is 10.6 Å². The fourth-order valence-corrected chi connectivity index (χ4v) is 10.4. The second-order valence-corrected chi connectivity index (χ2v) is 14.2. The molecule has 1 amide bonds. The third-order valence-electron chi connectivity index (χ3n) is 12.5. The van der Waals surface area contributed by atoms with Crippen molar-refractivity contribution in [1.29, 1.82) is 0 Å². The van der Waals surface area contributed by atoms with Crippen LogP contribution in [-0.4, -0.2) is 24.3 Å². The van der Waals surface area contributed by atoms with Gasteiger partial charge in [0, 0.05) is 42.1 Å². The summed E-state index contributed by atoms with van der Waals surface area (Å²) in [6.45, 7) is 5.87. The van der Waals surface area contributed by atoms with Crippen molar-refractivity contribution in [3.05, 3.63) is 11.8 Å². The number of allylic oxidation sites excluding steroid dienone is 2. The third kappa shape index (κ3) is 4.17. The molecule has 4 heteroatoms. The van der Waals surface area contributed by atoms with Crippen molar-refractivity contribution in [3.8, 4) is 0 Å². The summed E-state index contributed by atoms with van der Waals surface area (Å²) in [6, 6.07) is 0.416. The Morgan fingerprint density at radius 3 is 2.22 bits per heavy atom. The first-order valence-corrected chi connectivity index (χ1v) is 15.7. The summed E-state index contributed by atoms with van der Waals surface area (Å²) in [5.74, 6) is 4.17. The molecule has 0 aromatic rings. The second kappa shape index (κ2) is 9.77. The summed E-state index contributed by atoms with van der Waals surface area (Å²) in [5.41, 5.74) is 1.45. The van der Waals surface area contributed by atoms with E-state index in [1.807, 2.05) is 6.08 Å². The lowest BCUT2D eigenvalue weighted by Gasteiger charge is -2.58. The van der Waals surface area contributed by atoms with Crippen molar-refractivity contribution >= 4 is 11.7 Å². The van der Waals surface area contributed by atoms with Crippen LogP contribution in [0.15, 0.2) is 11.8 Å². The molecule has 1 aliphatic heterocycles. The summed E-state index contributed by atoms with van der Waals surface area (Å²) >= 11 is 0. The van der Waals surface area contributed by atoms with Gasteiger partial charge in [-0.1, -0.05) is 52.4 Å². The third-order valence-corrected chi connectivity index (χ3v) is 12.5. The largest absolute Gasteiger partial charge is 0.387 e. The maximum Gasteiger partial charge on any atom is 0.223 e. The van der Waals surface area contributed by atoms with E-state index in [9.17, 15) is 9.59 Å². The van der Waals surface area contributed by atoms with Crippen LogP contribution in [0.2, 0.25) is 0 Å². The lowest BCUT2D eigenvalue weighted by Crippen LogP contribution is -2.58. The molecule has 0 aromatic heterocycles. The Morgan fingerprint density at radius 1 is 0.889 bits per heavy atom. The number of ketones is 1. The number of amides is 1. The van der Waals surface area contributed by atoms with Gasteiger partial charge in [-0.2, -0.15) is 0 Å². The van der Waals surface area contributed by atoms with E-state index < -0.39 is 0 Å². The fourth-order valence-electron chi connectivity index (χ4n) is 10.4. The Kier molecular flexibility index (Phi) is 6.78. The molecule has 36 heavy (non-hydrogen) atoms. The molecule has 200 valence electrons. The van der Waals surface area contributed by atoms with E-state index in [1.54, 1.807) is 0 Å². The molecule has 0 unspecified atom stereocenters. The molecule has 0 radical (unpaired) electrons. The molecule has 0 spiro atoms. The van der Waals surface area contributed by atoms with E-state index in [0.717, 1.165) is 19.4 Å². The predicted molar refractivity (Wildman–Crippen MR) is 144 cm³/mol. The highest BCUT2D eigenvalue weighted by atomic mass is 16.2. The van der Waals surface area contributed by atoms with E-state index in [4.69, 9.17) is 0 Å². The molecule has 0 bridgehead atoms. The van der Waals surface area contributed by atoms with Gasteiger partial charge in [0.2, 0.25) is 5.91 Å². The van der Waals surface area contributed by atoms with Gasteiger partial charge in [-0.15, -0.1) is 0 Å². The first-order valence-electron chi connectivity index (χ1n) is 15.7. The van der Waals surface area contributed by atoms with Gasteiger partial charge in [0.1, 0.15) is 0 Å². The minimum atomic E-state index is 0.117. The summed E-state index contributed by atoms with van der Waals surface area (Å²) in [4.78, 5) is 26.2. The van der Waals surface area contributed by atoms with Crippen LogP contribution in [-0.2, 0) is 9.59 Å². The van der Waals surface area contributed by atoms with E-state index in [-0.39, 0.29) is 22.5 Å². The molecule has 2 N–H and O–H groups in total. The van der Waals surface area contributed by atoms with Crippen LogP contribution in [0.5, 0.6) is 0 Å². The number of carbonyl (C=O) groups is 2. The summed E-state index contributed by atoms with van der Waals surface area (Å²) in [7, 11) is 0. The number of piperidine rings is 1. The molecule has 5 aliphatic carbocycles. The number of fused-ring (bicyclic) bond motifs is 5. The lowest BCUT2D eigenvalue weighted by atomic mass is 9.50. The molecular formula is C32H50N2O2. The topological polar surface area (TPSA) is 58.2 Å². The average molecular weight is 495 g/mol. The van der Waals surface area contributed by atoms with Gasteiger partial charge in [-0.3, -0.25) is 9.59 Å². The highest BCUT2D eigenvalue weighted by Crippen LogP contribution is 2.64. The summed E-state index contributed by atoms with van der Waals surface area (Å²) in [5, 5.41) is 7.51. The van der Waals surface area contributed by atoms with Gasteiger partial charge >= 0.3 is 0 Å². The molecule has 6 aliphatic rings. The molecule has 4 nitrogen and oxygen atoms in total. The number of nitrogens with one attached hydrogen (secondary N) is 2. The van der Waals surface area contributed by atoms with Crippen LogP contribution in [0.25, 0.3) is 0 Å². The second-order valence-electron chi connectivity index (χ2n) is 14.2. The molecule has 4 saturated carbocycles. The standard InChI is InChI=1S/C32H50N2O2/c1-31-18-16-26-24(20-33-28-19-23(35)15-17-32(26,28)2)25(31)13-14-27(31)30(36)34-29(21-9-5-3-6-10-21)22-11-7-4-8-12-22/h19,21-22,24-27,29,33H,3-18,20H2,1-2H3,(H,34,36)/t24-,25-,26-,27+,31-,32+/m0/s1. The lowest BCUT2D eigenvalue weighted by molar-refractivity contribution is -0.134. The molecule has 5 fully saturated rings. The smallest absolute Gasteiger partial charge is 0.223 e. The molecule has 6 rings (SSSR count). The van der Waals surface area contributed by atoms with Crippen LogP contribution >= 0.6 is 0 Å². The maximum atomic E-state index is 14.1. The zero-order valence-corrected chi connectivity index (χ0v) is 23.0. The Labute approximate surface area is 219 Å².